The zero-order valence-corrected chi connectivity index (χ0v) is 16.5. The van der Waals surface area contributed by atoms with E-state index in [-0.39, 0.29) is 11.8 Å². The molecule has 3 aromatic rings. The van der Waals surface area contributed by atoms with Gasteiger partial charge in [-0.3, -0.25) is 0 Å². The summed E-state index contributed by atoms with van der Waals surface area (Å²) in [7, 11) is 1.80. The Balaban J connectivity index is 1.54. The number of aryl methyl sites for hydroxylation is 1. The second-order valence-electron chi connectivity index (χ2n) is 7.57. The summed E-state index contributed by atoms with van der Waals surface area (Å²) in [6.07, 6.45) is 4.58. The van der Waals surface area contributed by atoms with Gasteiger partial charge >= 0.3 is 0 Å². The van der Waals surface area contributed by atoms with Crippen molar-refractivity contribution in [2.45, 2.75) is 25.7 Å². The summed E-state index contributed by atoms with van der Waals surface area (Å²) in [5.41, 5.74) is 1.32. The molecule has 9 heteroatoms. The van der Waals surface area contributed by atoms with E-state index in [0.29, 0.717) is 17.6 Å². The minimum atomic E-state index is 0.0727. The molecule has 150 valence electrons. The van der Waals surface area contributed by atoms with Gasteiger partial charge in [-0.05, 0) is 31.7 Å². The first kappa shape index (κ1) is 17.8. The first-order valence-corrected chi connectivity index (χ1v) is 10.1. The van der Waals surface area contributed by atoms with Crippen LogP contribution >= 0.6 is 0 Å². The highest BCUT2D eigenvalue weighted by Gasteiger charge is 2.22. The number of anilines is 2. The van der Waals surface area contributed by atoms with Crippen LogP contribution in [-0.4, -0.2) is 50.8 Å². The van der Waals surface area contributed by atoms with Gasteiger partial charge < -0.3 is 19.5 Å². The highest BCUT2D eigenvalue weighted by atomic mass is 16.3. The van der Waals surface area contributed by atoms with E-state index in [1.165, 1.54) is 0 Å². The molecule has 0 atom stereocenters. The van der Waals surface area contributed by atoms with Crippen LogP contribution in [0.25, 0.3) is 10.9 Å². The number of hydrogen-bond acceptors (Lipinski definition) is 8. The predicted molar refractivity (Wildman–Crippen MR) is 111 cm³/mol. The molecule has 9 nitrogen and oxygen atoms in total. The van der Waals surface area contributed by atoms with Gasteiger partial charge in [0.1, 0.15) is 0 Å². The highest BCUT2D eigenvalue weighted by molar-refractivity contribution is 5.94. The molecule has 0 saturated carbocycles. The third-order valence-corrected chi connectivity index (χ3v) is 5.67. The fourth-order valence-corrected chi connectivity index (χ4v) is 4.06. The topological polar surface area (TPSA) is 95.0 Å². The molecule has 4 heterocycles. The Morgan fingerprint density at radius 1 is 0.828 bits per heavy atom. The van der Waals surface area contributed by atoms with Crippen LogP contribution in [0.1, 0.15) is 25.7 Å². The molecule has 1 aromatic carbocycles. The summed E-state index contributed by atoms with van der Waals surface area (Å²) >= 11 is 0. The van der Waals surface area contributed by atoms with Crippen molar-refractivity contribution in [2.24, 2.45) is 17.3 Å². The molecule has 29 heavy (non-hydrogen) atoms. The van der Waals surface area contributed by atoms with Crippen LogP contribution in [0.4, 0.5) is 23.5 Å². The number of benzene rings is 1. The third-order valence-electron chi connectivity index (χ3n) is 5.67. The van der Waals surface area contributed by atoms with Gasteiger partial charge in [0.05, 0.1) is 5.52 Å². The van der Waals surface area contributed by atoms with E-state index < -0.39 is 0 Å². The fourth-order valence-electron chi connectivity index (χ4n) is 4.06. The minimum Gasteiger partial charge on any atom is -0.493 e. The highest BCUT2D eigenvalue weighted by Crippen LogP contribution is 2.38. The summed E-state index contributed by atoms with van der Waals surface area (Å²) in [4.78, 5) is 18.1. The Kier molecular flexibility index (Phi) is 4.49. The monoisotopic (exact) mass is 392 g/mol. The molecule has 2 aliphatic heterocycles. The maximum atomic E-state index is 10.5. The summed E-state index contributed by atoms with van der Waals surface area (Å²) in [6, 6.07) is 7.70. The molecule has 0 bridgehead atoms. The largest absolute Gasteiger partial charge is 0.493 e. The summed E-state index contributed by atoms with van der Waals surface area (Å²) in [5, 5.41) is 20.0. The van der Waals surface area contributed by atoms with Crippen LogP contribution in [0.5, 0.6) is 5.88 Å². The second kappa shape index (κ2) is 7.31. The normalized spacial score (nSPS) is 17.3. The molecule has 0 aliphatic carbocycles. The van der Waals surface area contributed by atoms with Crippen LogP contribution in [0.2, 0.25) is 0 Å². The Hall–Kier alpha value is -3.23. The maximum Gasteiger partial charge on any atom is 0.275 e. The molecule has 2 aromatic heterocycles. The average Bonchev–Trinajstić information content (AvgIpc) is 3.50. The quantitative estimate of drug-likeness (QED) is 0.681. The number of aromatic hydroxyl groups is 1. The van der Waals surface area contributed by atoms with E-state index in [2.05, 4.69) is 30.0 Å². The van der Waals surface area contributed by atoms with Crippen molar-refractivity contribution in [3.63, 3.8) is 0 Å². The van der Waals surface area contributed by atoms with Gasteiger partial charge in [-0.1, -0.05) is 18.2 Å². The van der Waals surface area contributed by atoms with E-state index in [0.717, 1.165) is 62.8 Å². The lowest BCUT2D eigenvalue weighted by atomic mass is 10.2. The number of aromatic nitrogens is 4. The van der Waals surface area contributed by atoms with Crippen molar-refractivity contribution in [1.82, 2.24) is 19.5 Å². The van der Waals surface area contributed by atoms with Crippen LogP contribution < -0.4 is 9.80 Å². The van der Waals surface area contributed by atoms with Crippen molar-refractivity contribution >= 4 is 34.4 Å². The fraction of sp³-hybridized carbons (Fsp3) is 0.450. The molecule has 2 saturated heterocycles. The minimum absolute atomic E-state index is 0.0727. The van der Waals surface area contributed by atoms with E-state index in [4.69, 9.17) is 4.98 Å². The van der Waals surface area contributed by atoms with Crippen molar-refractivity contribution in [2.75, 3.05) is 36.0 Å². The number of para-hydroxylation sites is 1. The van der Waals surface area contributed by atoms with Gasteiger partial charge in [-0.25, -0.2) is 0 Å². The van der Waals surface area contributed by atoms with E-state index in [1.54, 1.807) is 11.6 Å². The third kappa shape index (κ3) is 3.26. The molecular weight excluding hydrogens is 368 g/mol. The van der Waals surface area contributed by atoms with Gasteiger partial charge in [0, 0.05) is 38.6 Å². The number of rotatable bonds is 4. The number of fused-ring (bicyclic) bond motifs is 1. The van der Waals surface area contributed by atoms with Crippen LogP contribution in [-0.2, 0) is 7.05 Å². The van der Waals surface area contributed by atoms with Gasteiger partial charge in [0.2, 0.25) is 17.8 Å². The zero-order valence-electron chi connectivity index (χ0n) is 16.5. The summed E-state index contributed by atoms with van der Waals surface area (Å²) < 4.78 is 1.70. The summed E-state index contributed by atoms with van der Waals surface area (Å²) in [6.45, 7) is 3.79. The predicted octanol–water partition coefficient (Wildman–Crippen LogP) is 3.68. The van der Waals surface area contributed by atoms with E-state index in [9.17, 15) is 5.11 Å². The lowest BCUT2D eigenvalue weighted by molar-refractivity contribution is 0.436. The van der Waals surface area contributed by atoms with Crippen molar-refractivity contribution < 1.29 is 5.11 Å². The molecule has 0 amide bonds. The Labute approximate surface area is 168 Å². The standard InChI is InChI=1S/C20H24N8O/c1-26-15-9-3-2-8-14(15)16(17(26)29)24-25-18-21-19(27-10-4-5-11-27)23-20(22-18)28-12-6-7-13-28/h2-3,8-9,29H,4-7,10-13H2,1H3. The van der Waals surface area contributed by atoms with E-state index in [1.807, 2.05) is 24.3 Å². The van der Waals surface area contributed by atoms with Gasteiger partial charge in [0.15, 0.2) is 5.69 Å². The van der Waals surface area contributed by atoms with Crippen LogP contribution in [0.15, 0.2) is 34.5 Å². The molecule has 5 rings (SSSR count). The van der Waals surface area contributed by atoms with Gasteiger partial charge in [0.25, 0.3) is 5.95 Å². The molecule has 0 unspecified atom stereocenters. The first-order chi connectivity index (χ1) is 14.2. The summed E-state index contributed by atoms with van der Waals surface area (Å²) in [5.74, 6) is 1.67. The molecule has 0 spiro atoms. The number of hydrogen-bond donors (Lipinski definition) is 1. The van der Waals surface area contributed by atoms with Crippen LogP contribution in [0, 0.1) is 0 Å². The van der Waals surface area contributed by atoms with Gasteiger partial charge in [-0.15, -0.1) is 10.2 Å². The molecule has 2 aliphatic rings. The Morgan fingerprint density at radius 2 is 1.41 bits per heavy atom. The van der Waals surface area contributed by atoms with Crippen molar-refractivity contribution in [1.29, 1.82) is 0 Å². The first-order valence-electron chi connectivity index (χ1n) is 10.1. The molecule has 0 radical (unpaired) electrons. The second-order valence-corrected chi connectivity index (χ2v) is 7.57. The zero-order chi connectivity index (χ0) is 19.8. The Morgan fingerprint density at radius 3 is 2.03 bits per heavy atom. The lowest BCUT2D eigenvalue weighted by Crippen LogP contribution is -2.25. The smallest absolute Gasteiger partial charge is 0.275 e. The molecule has 1 N–H and O–H groups in total. The average molecular weight is 392 g/mol. The van der Waals surface area contributed by atoms with Crippen LogP contribution in [0.3, 0.4) is 0 Å². The maximum absolute atomic E-state index is 10.5. The number of azo groups is 1. The molecule has 2 fully saturated rings. The van der Waals surface area contributed by atoms with Crippen molar-refractivity contribution in [3.05, 3.63) is 24.3 Å². The molecular formula is C20H24N8O. The van der Waals surface area contributed by atoms with Crippen molar-refractivity contribution in [3.8, 4) is 5.88 Å². The van der Waals surface area contributed by atoms with E-state index >= 15 is 0 Å². The number of nitrogens with zero attached hydrogens (tertiary/aromatic N) is 8. The van der Waals surface area contributed by atoms with Gasteiger partial charge in [-0.2, -0.15) is 15.0 Å². The SMILES string of the molecule is Cn1c(O)c(N=Nc2nc(N3CCCC3)nc(N3CCCC3)n2)c2ccccc21. The lowest BCUT2D eigenvalue weighted by Gasteiger charge is -2.19. The Bertz CT molecular complexity index is 1030.